The second-order valence-electron chi connectivity index (χ2n) is 6.44. The Kier molecular flexibility index (Phi) is 10.3. The lowest BCUT2D eigenvalue weighted by atomic mass is 10.1. The maximum Gasteiger partial charge on any atom is 0.222 e. The maximum absolute atomic E-state index is 11.9. The molecule has 1 N–H and O–H groups in total. The standard InChI is InChI=1S/C20H30N4O.HI/c1-4-5-8-13-23(3)20(21-2)22-15-17-10-6-7-11-18(17)16-24-14-9-12-19(24)25;/h4,6-7,10-11H,1,5,8-9,12-16H2,2-3H3,(H,21,22);1H. The van der Waals surface area contributed by atoms with Gasteiger partial charge in [-0.2, -0.15) is 0 Å². The largest absolute Gasteiger partial charge is 0.352 e. The van der Waals surface area contributed by atoms with Crippen molar-refractivity contribution >= 4 is 35.8 Å². The van der Waals surface area contributed by atoms with Gasteiger partial charge >= 0.3 is 0 Å². The van der Waals surface area contributed by atoms with Crippen LogP contribution in [0.15, 0.2) is 41.9 Å². The van der Waals surface area contributed by atoms with Crippen molar-refractivity contribution in [2.45, 2.75) is 38.8 Å². The van der Waals surface area contributed by atoms with Gasteiger partial charge in [-0.15, -0.1) is 30.6 Å². The van der Waals surface area contributed by atoms with Crippen molar-refractivity contribution in [3.8, 4) is 0 Å². The van der Waals surface area contributed by atoms with Crippen LogP contribution in [0.3, 0.4) is 0 Å². The summed E-state index contributed by atoms with van der Waals surface area (Å²) in [4.78, 5) is 20.4. The van der Waals surface area contributed by atoms with E-state index in [4.69, 9.17) is 0 Å². The fraction of sp³-hybridized carbons (Fsp3) is 0.500. The minimum atomic E-state index is 0. The average Bonchev–Trinajstić information content (AvgIpc) is 3.02. The first-order chi connectivity index (χ1) is 12.2. The molecule has 0 aliphatic carbocycles. The van der Waals surface area contributed by atoms with Gasteiger partial charge in [0.05, 0.1) is 0 Å². The molecule has 2 rings (SSSR count). The SMILES string of the molecule is C=CCCCN(C)C(=NC)NCc1ccccc1CN1CCCC1=O.I. The molecule has 0 radical (unpaired) electrons. The third-order valence-corrected chi connectivity index (χ3v) is 4.56. The predicted molar refractivity (Wildman–Crippen MR) is 119 cm³/mol. The van der Waals surface area contributed by atoms with Crippen LogP contribution in [0.25, 0.3) is 0 Å². The summed E-state index contributed by atoms with van der Waals surface area (Å²) < 4.78 is 0. The minimum absolute atomic E-state index is 0. The van der Waals surface area contributed by atoms with E-state index < -0.39 is 0 Å². The van der Waals surface area contributed by atoms with Crippen LogP contribution in [0.1, 0.15) is 36.8 Å². The van der Waals surface area contributed by atoms with Crippen molar-refractivity contribution in [3.05, 3.63) is 48.0 Å². The van der Waals surface area contributed by atoms with Crippen molar-refractivity contribution in [3.63, 3.8) is 0 Å². The van der Waals surface area contributed by atoms with E-state index in [-0.39, 0.29) is 29.9 Å². The topological polar surface area (TPSA) is 47.9 Å². The summed E-state index contributed by atoms with van der Waals surface area (Å²) in [5.41, 5.74) is 2.41. The van der Waals surface area contributed by atoms with Gasteiger partial charge in [0, 0.05) is 46.7 Å². The fourth-order valence-electron chi connectivity index (χ4n) is 3.10. The molecular formula is C20H31IN4O. The highest BCUT2D eigenvalue weighted by atomic mass is 127. The Hall–Kier alpha value is -1.57. The van der Waals surface area contributed by atoms with Gasteiger partial charge in [0.2, 0.25) is 5.91 Å². The first-order valence-corrected chi connectivity index (χ1v) is 9.03. The molecule has 1 aliphatic rings. The van der Waals surface area contributed by atoms with Gasteiger partial charge in [0.15, 0.2) is 5.96 Å². The first-order valence-electron chi connectivity index (χ1n) is 9.03. The molecule has 1 amide bonds. The van der Waals surface area contributed by atoms with Gasteiger partial charge in [0.25, 0.3) is 0 Å². The monoisotopic (exact) mass is 470 g/mol. The van der Waals surface area contributed by atoms with E-state index in [0.717, 1.165) is 38.3 Å². The molecule has 1 aromatic rings. The molecule has 5 nitrogen and oxygen atoms in total. The Morgan fingerprint density at radius 3 is 2.73 bits per heavy atom. The lowest BCUT2D eigenvalue weighted by molar-refractivity contribution is -0.128. The maximum atomic E-state index is 11.9. The molecule has 0 atom stereocenters. The molecule has 0 spiro atoms. The van der Waals surface area contributed by atoms with Gasteiger partial charge in [-0.25, -0.2) is 0 Å². The number of carbonyl (C=O) groups excluding carboxylic acids is 1. The molecule has 6 heteroatoms. The number of carbonyl (C=O) groups is 1. The van der Waals surface area contributed by atoms with E-state index >= 15 is 0 Å². The second kappa shape index (κ2) is 11.9. The number of halogens is 1. The van der Waals surface area contributed by atoms with Crippen molar-refractivity contribution in [2.75, 3.05) is 27.2 Å². The number of amides is 1. The summed E-state index contributed by atoms with van der Waals surface area (Å²) in [7, 11) is 3.86. The molecule has 1 aromatic carbocycles. The molecule has 0 bridgehead atoms. The summed E-state index contributed by atoms with van der Waals surface area (Å²) >= 11 is 0. The third kappa shape index (κ3) is 6.63. The number of aliphatic imine (C=N–C) groups is 1. The summed E-state index contributed by atoms with van der Waals surface area (Å²) in [6.07, 6.45) is 5.67. The molecule has 1 saturated heterocycles. The Morgan fingerprint density at radius 2 is 2.12 bits per heavy atom. The molecule has 0 saturated carbocycles. The smallest absolute Gasteiger partial charge is 0.222 e. The number of allylic oxidation sites excluding steroid dienone is 1. The second-order valence-corrected chi connectivity index (χ2v) is 6.44. The van der Waals surface area contributed by atoms with E-state index in [2.05, 4.69) is 33.9 Å². The number of guanidine groups is 1. The summed E-state index contributed by atoms with van der Waals surface area (Å²) in [5.74, 6) is 1.15. The predicted octanol–water partition coefficient (Wildman–Crippen LogP) is 3.40. The van der Waals surface area contributed by atoms with Gasteiger partial charge in [-0.05, 0) is 30.4 Å². The van der Waals surface area contributed by atoms with Crippen LogP contribution in [0, 0.1) is 0 Å². The van der Waals surface area contributed by atoms with Crippen molar-refractivity contribution < 1.29 is 4.79 Å². The quantitative estimate of drug-likeness (QED) is 0.208. The van der Waals surface area contributed by atoms with Crippen LogP contribution >= 0.6 is 24.0 Å². The molecule has 144 valence electrons. The highest BCUT2D eigenvalue weighted by Gasteiger charge is 2.20. The number of unbranched alkanes of at least 4 members (excludes halogenated alkanes) is 1. The Bertz CT molecular complexity index is 618. The number of nitrogens with zero attached hydrogens (tertiary/aromatic N) is 3. The van der Waals surface area contributed by atoms with E-state index in [1.165, 1.54) is 11.1 Å². The average molecular weight is 470 g/mol. The van der Waals surface area contributed by atoms with Crippen LogP contribution in [0.2, 0.25) is 0 Å². The zero-order chi connectivity index (χ0) is 18.1. The van der Waals surface area contributed by atoms with Gasteiger partial charge in [0.1, 0.15) is 0 Å². The van der Waals surface area contributed by atoms with Crippen LogP contribution in [0.4, 0.5) is 0 Å². The fourth-order valence-corrected chi connectivity index (χ4v) is 3.10. The molecule has 0 unspecified atom stereocenters. The normalized spacial score (nSPS) is 14.2. The molecule has 1 aliphatic heterocycles. The molecule has 1 heterocycles. The first kappa shape index (κ1) is 22.5. The van der Waals surface area contributed by atoms with E-state index in [0.29, 0.717) is 19.5 Å². The zero-order valence-electron chi connectivity index (χ0n) is 15.9. The number of hydrogen-bond acceptors (Lipinski definition) is 2. The van der Waals surface area contributed by atoms with Gasteiger partial charge in [-0.1, -0.05) is 30.3 Å². The Morgan fingerprint density at radius 1 is 1.38 bits per heavy atom. The Labute approximate surface area is 174 Å². The van der Waals surface area contributed by atoms with E-state index in [1.54, 1.807) is 7.05 Å². The minimum Gasteiger partial charge on any atom is -0.352 e. The van der Waals surface area contributed by atoms with Crippen LogP contribution in [-0.2, 0) is 17.9 Å². The van der Waals surface area contributed by atoms with Gasteiger partial charge < -0.3 is 15.1 Å². The van der Waals surface area contributed by atoms with Crippen molar-refractivity contribution in [1.29, 1.82) is 0 Å². The molecule has 26 heavy (non-hydrogen) atoms. The number of likely N-dealkylation sites (tertiary alicyclic amines) is 1. The number of benzene rings is 1. The highest BCUT2D eigenvalue weighted by molar-refractivity contribution is 14.0. The number of rotatable bonds is 8. The summed E-state index contributed by atoms with van der Waals surface area (Å²) in [5, 5.41) is 3.44. The summed E-state index contributed by atoms with van der Waals surface area (Å²) in [6, 6.07) is 8.31. The zero-order valence-corrected chi connectivity index (χ0v) is 18.2. The molecule has 1 fully saturated rings. The van der Waals surface area contributed by atoms with Crippen LogP contribution in [0.5, 0.6) is 0 Å². The van der Waals surface area contributed by atoms with Crippen molar-refractivity contribution in [1.82, 2.24) is 15.1 Å². The Balaban J connectivity index is 0.00000338. The van der Waals surface area contributed by atoms with Crippen LogP contribution in [-0.4, -0.2) is 48.9 Å². The summed E-state index contributed by atoms with van der Waals surface area (Å²) in [6.45, 7) is 6.98. The number of nitrogens with one attached hydrogen (secondary N) is 1. The van der Waals surface area contributed by atoms with Crippen LogP contribution < -0.4 is 5.32 Å². The van der Waals surface area contributed by atoms with E-state index in [9.17, 15) is 4.79 Å². The number of hydrogen-bond donors (Lipinski definition) is 1. The molecular weight excluding hydrogens is 439 g/mol. The van der Waals surface area contributed by atoms with E-state index in [1.807, 2.05) is 30.2 Å². The highest BCUT2D eigenvalue weighted by Crippen LogP contribution is 2.17. The lowest BCUT2D eigenvalue weighted by Gasteiger charge is -2.23. The molecule has 0 aromatic heterocycles. The third-order valence-electron chi connectivity index (χ3n) is 4.56. The lowest BCUT2D eigenvalue weighted by Crippen LogP contribution is -2.39. The van der Waals surface area contributed by atoms with Gasteiger partial charge in [-0.3, -0.25) is 9.79 Å². The van der Waals surface area contributed by atoms with Crippen molar-refractivity contribution in [2.24, 2.45) is 4.99 Å².